The third-order valence-electron chi connectivity index (χ3n) is 2.30. The second-order valence-electron chi connectivity index (χ2n) is 7.81. The minimum atomic E-state index is -0.315. The topological polar surface area (TPSA) is 52.6 Å². The van der Waals surface area contributed by atoms with E-state index in [9.17, 15) is 9.59 Å². The lowest BCUT2D eigenvalue weighted by Crippen LogP contribution is -2.25. The highest BCUT2D eigenvalue weighted by Gasteiger charge is 2.24. The van der Waals surface area contributed by atoms with Crippen molar-refractivity contribution in [3.05, 3.63) is 0 Å². The predicted octanol–water partition coefficient (Wildman–Crippen LogP) is 4.32. The van der Waals surface area contributed by atoms with Crippen molar-refractivity contribution in [3.8, 4) is 0 Å². The van der Waals surface area contributed by atoms with Crippen LogP contribution in [-0.4, -0.2) is 35.7 Å². The average molecular weight is 351 g/mol. The molecule has 0 aliphatic carbocycles. The van der Waals surface area contributed by atoms with Crippen LogP contribution in [-0.2, 0) is 19.1 Å². The smallest absolute Gasteiger partial charge is 0.319 e. The summed E-state index contributed by atoms with van der Waals surface area (Å²) < 4.78 is 10.5. The van der Waals surface area contributed by atoms with Crippen molar-refractivity contribution >= 4 is 33.5 Å². The lowest BCUT2D eigenvalue weighted by Gasteiger charge is -2.21. The van der Waals surface area contributed by atoms with E-state index in [4.69, 9.17) is 9.47 Å². The molecule has 0 spiro atoms. The minimum Gasteiger partial charge on any atom is -0.464 e. The van der Waals surface area contributed by atoms with Crippen molar-refractivity contribution in [1.82, 2.24) is 0 Å². The van der Waals surface area contributed by atoms with Gasteiger partial charge in [0.05, 0.1) is 13.2 Å². The predicted molar refractivity (Wildman–Crippen MR) is 94.9 cm³/mol. The zero-order chi connectivity index (χ0) is 17.6. The molecule has 0 N–H and O–H groups in total. The van der Waals surface area contributed by atoms with Gasteiger partial charge in [-0.1, -0.05) is 63.1 Å². The first-order chi connectivity index (χ1) is 9.82. The van der Waals surface area contributed by atoms with E-state index in [0.29, 0.717) is 13.2 Å². The van der Waals surface area contributed by atoms with Crippen LogP contribution < -0.4 is 0 Å². The molecule has 0 rings (SSSR count). The Bertz CT molecular complexity index is 333. The standard InChI is InChI=1S/C16H30O4S2/c1-11(13(17)19-9-15(3,4)5)21-22-12(2)14(18)20-10-16(6,7)8/h11-12H,9-10H2,1-8H3. The van der Waals surface area contributed by atoms with Crippen molar-refractivity contribution in [2.75, 3.05) is 13.2 Å². The molecule has 2 atom stereocenters. The first kappa shape index (κ1) is 21.6. The van der Waals surface area contributed by atoms with Gasteiger partial charge in [0.25, 0.3) is 0 Å². The normalized spacial score (nSPS) is 15.1. The summed E-state index contributed by atoms with van der Waals surface area (Å²) in [6.45, 7) is 16.4. The van der Waals surface area contributed by atoms with Gasteiger partial charge in [-0.05, 0) is 24.7 Å². The molecule has 22 heavy (non-hydrogen) atoms. The SMILES string of the molecule is CC(SSC(C)C(=O)OCC(C)(C)C)C(=O)OCC(C)(C)C. The monoisotopic (exact) mass is 350 g/mol. The Balaban J connectivity index is 4.10. The molecule has 2 unspecified atom stereocenters. The molecule has 0 aliphatic heterocycles. The van der Waals surface area contributed by atoms with E-state index < -0.39 is 0 Å². The Morgan fingerprint density at radius 2 is 1.05 bits per heavy atom. The van der Waals surface area contributed by atoms with Crippen LogP contribution in [0.2, 0.25) is 0 Å². The minimum absolute atomic E-state index is 0.0444. The van der Waals surface area contributed by atoms with E-state index in [2.05, 4.69) is 0 Å². The van der Waals surface area contributed by atoms with Crippen LogP contribution in [0.15, 0.2) is 0 Å². The van der Waals surface area contributed by atoms with Crippen molar-refractivity contribution in [2.45, 2.75) is 65.9 Å². The van der Waals surface area contributed by atoms with E-state index in [-0.39, 0.29) is 33.3 Å². The summed E-state index contributed by atoms with van der Waals surface area (Å²) in [7, 11) is 2.69. The van der Waals surface area contributed by atoms with Gasteiger partial charge in [0.1, 0.15) is 10.5 Å². The summed E-state index contributed by atoms with van der Waals surface area (Å²) >= 11 is 0. The van der Waals surface area contributed by atoms with Gasteiger partial charge in [-0.3, -0.25) is 9.59 Å². The van der Waals surface area contributed by atoms with Crippen LogP contribution in [0, 0.1) is 10.8 Å². The highest BCUT2D eigenvalue weighted by molar-refractivity contribution is 8.77. The van der Waals surface area contributed by atoms with Crippen molar-refractivity contribution < 1.29 is 19.1 Å². The maximum Gasteiger partial charge on any atom is 0.319 e. The van der Waals surface area contributed by atoms with E-state index in [0.717, 1.165) is 0 Å². The number of esters is 2. The van der Waals surface area contributed by atoms with Gasteiger partial charge in [0, 0.05) is 0 Å². The van der Waals surface area contributed by atoms with Crippen LogP contribution in [0.25, 0.3) is 0 Å². The molecule has 0 bridgehead atoms. The van der Waals surface area contributed by atoms with Gasteiger partial charge >= 0.3 is 11.9 Å². The van der Waals surface area contributed by atoms with Crippen LogP contribution >= 0.6 is 21.6 Å². The number of hydrogen-bond donors (Lipinski definition) is 0. The molecule has 0 aromatic carbocycles. The first-order valence-electron chi connectivity index (χ1n) is 7.47. The Morgan fingerprint density at radius 1 is 0.773 bits per heavy atom. The fourth-order valence-corrected chi connectivity index (χ4v) is 3.15. The highest BCUT2D eigenvalue weighted by atomic mass is 33.1. The molecule has 6 heteroatoms. The summed E-state index contributed by atoms with van der Waals surface area (Å²) in [6.07, 6.45) is 0. The van der Waals surface area contributed by atoms with Crippen molar-refractivity contribution in [2.24, 2.45) is 10.8 Å². The second kappa shape index (κ2) is 9.06. The fourth-order valence-electron chi connectivity index (χ4n) is 1.06. The quantitative estimate of drug-likeness (QED) is 0.503. The number of hydrogen-bond acceptors (Lipinski definition) is 6. The van der Waals surface area contributed by atoms with Gasteiger partial charge < -0.3 is 9.47 Å². The summed E-state index contributed by atoms with van der Waals surface area (Å²) in [6, 6.07) is 0. The number of rotatable bonds is 7. The van der Waals surface area contributed by atoms with Crippen LogP contribution in [0.3, 0.4) is 0 Å². The maximum absolute atomic E-state index is 11.9. The second-order valence-corrected chi connectivity index (χ2v) is 10.8. The average Bonchev–Trinajstić information content (AvgIpc) is 2.37. The van der Waals surface area contributed by atoms with Gasteiger partial charge in [0.2, 0.25) is 0 Å². The molecule has 0 heterocycles. The van der Waals surface area contributed by atoms with E-state index >= 15 is 0 Å². The fraction of sp³-hybridized carbons (Fsp3) is 0.875. The van der Waals surface area contributed by atoms with Crippen LogP contribution in [0.5, 0.6) is 0 Å². The van der Waals surface area contributed by atoms with Crippen LogP contribution in [0.1, 0.15) is 55.4 Å². The number of carbonyl (C=O) groups excluding carboxylic acids is 2. The highest BCUT2D eigenvalue weighted by Crippen LogP contribution is 2.32. The van der Waals surface area contributed by atoms with E-state index in [1.54, 1.807) is 13.8 Å². The molecule has 0 radical (unpaired) electrons. The lowest BCUT2D eigenvalue weighted by atomic mass is 9.99. The molecule has 0 saturated carbocycles. The van der Waals surface area contributed by atoms with Crippen molar-refractivity contribution in [3.63, 3.8) is 0 Å². The molecular formula is C16H30O4S2. The number of carbonyl (C=O) groups is 2. The van der Waals surface area contributed by atoms with E-state index in [1.807, 2.05) is 41.5 Å². The molecule has 0 amide bonds. The van der Waals surface area contributed by atoms with E-state index in [1.165, 1.54) is 21.6 Å². The largest absolute Gasteiger partial charge is 0.464 e. The molecule has 0 aromatic rings. The molecule has 4 nitrogen and oxygen atoms in total. The third kappa shape index (κ3) is 11.2. The molecule has 130 valence electrons. The van der Waals surface area contributed by atoms with Crippen LogP contribution in [0.4, 0.5) is 0 Å². The lowest BCUT2D eigenvalue weighted by molar-refractivity contribution is -0.146. The Hall–Kier alpha value is -0.360. The zero-order valence-electron chi connectivity index (χ0n) is 15.0. The van der Waals surface area contributed by atoms with Gasteiger partial charge in [-0.2, -0.15) is 0 Å². The molecule has 0 aliphatic rings. The van der Waals surface area contributed by atoms with Crippen molar-refractivity contribution in [1.29, 1.82) is 0 Å². The summed E-state index contributed by atoms with van der Waals surface area (Å²) in [5, 5.41) is -0.629. The Kier molecular flexibility index (Phi) is 8.91. The van der Waals surface area contributed by atoms with Gasteiger partial charge in [0.15, 0.2) is 0 Å². The summed E-state index contributed by atoms with van der Waals surface area (Å²) in [5.41, 5.74) is -0.0888. The molecular weight excluding hydrogens is 320 g/mol. The zero-order valence-corrected chi connectivity index (χ0v) is 16.7. The Morgan fingerprint density at radius 3 is 1.27 bits per heavy atom. The summed E-state index contributed by atoms with van der Waals surface area (Å²) in [4.78, 5) is 23.7. The molecule has 0 aromatic heterocycles. The first-order valence-corrected chi connectivity index (χ1v) is 9.75. The van der Waals surface area contributed by atoms with Gasteiger partial charge in [-0.15, -0.1) is 0 Å². The Labute approximate surface area is 142 Å². The third-order valence-corrected chi connectivity index (χ3v) is 5.44. The molecule has 0 fully saturated rings. The summed E-state index contributed by atoms with van der Waals surface area (Å²) in [5.74, 6) is -0.495. The number of ether oxygens (including phenoxy) is 2. The maximum atomic E-state index is 11.9. The van der Waals surface area contributed by atoms with Gasteiger partial charge in [-0.25, -0.2) is 0 Å². The molecule has 0 saturated heterocycles.